The third-order valence-corrected chi connectivity index (χ3v) is 4.21. The Morgan fingerprint density at radius 3 is 2.36 bits per heavy atom. The molecule has 0 unspecified atom stereocenters. The van der Waals surface area contributed by atoms with Gasteiger partial charge in [-0.15, -0.1) is 0 Å². The van der Waals surface area contributed by atoms with Gasteiger partial charge in [-0.3, -0.25) is 4.79 Å². The third kappa shape index (κ3) is 3.82. The minimum Gasteiger partial charge on any atom is -0.490 e. The molecule has 1 aromatic heterocycles. The summed E-state index contributed by atoms with van der Waals surface area (Å²) in [4.78, 5) is 16.6. The van der Waals surface area contributed by atoms with Gasteiger partial charge in [-0.1, -0.05) is 0 Å². The first-order chi connectivity index (χ1) is 12.0. The molecule has 2 heterocycles. The molecule has 7 heteroatoms. The van der Waals surface area contributed by atoms with Gasteiger partial charge in [-0.2, -0.15) is 0 Å². The number of likely N-dealkylation sites (tertiary alicyclic amines) is 1. The van der Waals surface area contributed by atoms with Gasteiger partial charge in [-0.25, -0.2) is 18.2 Å². The number of rotatable bonds is 4. The maximum atomic E-state index is 14.4. The number of halogens is 3. The van der Waals surface area contributed by atoms with Crippen LogP contribution in [-0.2, 0) is 0 Å². The maximum Gasteiger partial charge on any atom is 0.168 e. The summed E-state index contributed by atoms with van der Waals surface area (Å²) in [6.45, 7) is 1.70. The molecule has 3 rings (SSSR count). The Morgan fingerprint density at radius 1 is 1.12 bits per heavy atom. The average molecular weight is 350 g/mol. The lowest BCUT2D eigenvalue weighted by atomic mass is 10.1. The number of aromatic nitrogens is 1. The molecule has 1 saturated heterocycles. The number of carbonyl (C=O) groups is 1. The van der Waals surface area contributed by atoms with E-state index in [1.165, 1.54) is 0 Å². The zero-order valence-corrected chi connectivity index (χ0v) is 13.6. The molecule has 1 aromatic carbocycles. The average Bonchev–Trinajstić information content (AvgIpc) is 2.58. The van der Waals surface area contributed by atoms with E-state index in [1.807, 2.05) is 7.05 Å². The maximum absolute atomic E-state index is 14.4. The lowest BCUT2D eigenvalue weighted by Crippen LogP contribution is -2.35. The Kier molecular flexibility index (Phi) is 5.03. The minimum atomic E-state index is -0.989. The predicted octanol–water partition coefficient (Wildman–Crippen LogP) is 3.45. The van der Waals surface area contributed by atoms with Crippen LogP contribution in [0.1, 0.15) is 23.3 Å². The zero-order chi connectivity index (χ0) is 18.0. The summed E-state index contributed by atoms with van der Waals surface area (Å²) in [5.41, 5.74) is -1.26. The van der Waals surface area contributed by atoms with Crippen molar-refractivity contribution in [3.63, 3.8) is 0 Å². The summed E-state index contributed by atoms with van der Waals surface area (Å²) >= 11 is 0. The van der Waals surface area contributed by atoms with E-state index in [4.69, 9.17) is 4.74 Å². The Bertz CT molecular complexity index is 767. The number of carbonyl (C=O) groups excluding carboxylic acids is 1. The fraction of sp³-hybridized carbons (Fsp3) is 0.333. The van der Waals surface area contributed by atoms with Crippen molar-refractivity contribution in [1.29, 1.82) is 0 Å². The van der Waals surface area contributed by atoms with Crippen LogP contribution < -0.4 is 4.74 Å². The molecule has 4 nitrogen and oxygen atoms in total. The van der Waals surface area contributed by atoms with E-state index >= 15 is 0 Å². The number of hydrogen-bond donors (Lipinski definition) is 0. The molecule has 1 aliphatic heterocycles. The monoisotopic (exact) mass is 350 g/mol. The van der Waals surface area contributed by atoms with E-state index in [2.05, 4.69) is 9.88 Å². The second-order valence-corrected chi connectivity index (χ2v) is 6.07. The van der Waals surface area contributed by atoms with Gasteiger partial charge in [0.25, 0.3) is 0 Å². The number of piperidine rings is 1. The van der Waals surface area contributed by atoms with E-state index < -0.39 is 28.7 Å². The molecule has 0 spiro atoms. The molecule has 2 aromatic rings. The van der Waals surface area contributed by atoms with Crippen LogP contribution in [0.15, 0.2) is 24.3 Å². The lowest BCUT2D eigenvalue weighted by Gasteiger charge is -2.29. The fourth-order valence-electron chi connectivity index (χ4n) is 2.84. The molecule has 0 bridgehead atoms. The first kappa shape index (κ1) is 17.4. The van der Waals surface area contributed by atoms with Crippen LogP contribution in [0, 0.1) is 17.5 Å². The smallest absolute Gasteiger partial charge is 0.168 e. The van der Waals surface area contributed by atoms with Crippen LogP contribution in [0.5, 0.6) is 5.75 Å². The summed E-state index contributed by atoms with van der Waals surface area (Å²) in [6.07, 6.45) is 1.79. The fourth-order valence-corrected chi connectivity index (χ4v) is 2.84. The molecular formula is C18H17F3N2O2. The van der Waals surface area contributed by atoms with E-state index in [0.29, 0.717) is 6.29 Å². The number of benzene rings is 1. The molecule has 0 radical (unpaired) electrons. The number of aldehydes is 1. The normalized spacial score (nSPS) is 16.0. The minimum absolute atomic E-state index is 0.0558. The summed E-state index contributed by atoms with van der Waals surface area (Å²) < 4.78 is 48.4. The standard InChI is InChI=1S/C18H17F3N2O2/c1-23-6-4-12(5-7-23)25-13-8-15(20)17(16(21)9-13)18-14(19)3-2-11(10-24)22-18/h2-3,8-10,12H,4-7H2,1H3. The van der Waals surface area contributed by atoms with Gasteiger partial charge >= 0.3 is 0 Å². The van der Waals surface area contributed by atoms with Crippen molar-refractivity contribution in [1.82, 2.24) is 9.88 Å². The van der Waals surface area contributed by atoms with Crippen molar-refractivity contribution in [2.24, 2.45) is 0 Å². The van der Waals surface area contributed by atoms with Crippen LogP contribution in [0.25, 0.3) is 11.3 Å². The largest absolute Gasteiger partial charge is 0.490 e. The van der Waals surface area contributed by atoms with Crippen molar-refractivity contribution in [3.8, 4) is 17.0 Å². The van der Waals surface area contributed by atoms with Crippen LogP contribution >= 0.6 is 0 Å². The molecule has 0 amide bonds. The van der Waals surface area contributed by atoms with Crippen molar-refractivity contribution in [2.45, 2.75) is 18.9 Å². The predicted molar refractivity (Wildman–Crippen MR) is 86.1 cm³/mol. The Labute approximate surface area is 143 Å². The zero-order valence-electron chi connectivity index (χ0n) is 13.6. The van der Waals surface area contributed by atoms with Crippen LogP contribution in [0.3, 0.4) is 0 Å². The lowest BCUT2D eigenvalue weighted by molar-refractivity contribution is 0.111. The summed E-state index contributed by atoms with van der Waals surface area (Å²) in [7, 11) is 2.00. The van der Waals surface area contributed by atoms with Gasteiger partial charge in [-0.05, 0) is 32.0 Å². The van der Waals surface area contributed by atoms with Gasteiger partial charge in [0.15, 0.2) is 6.29 Å². The highest BCUT2D eigenvalue weighted by Crippen LogP contribution is 2.31. The van der Waals surface area contributed by atoms with Gasteiger partial charge in [0.2, 0.25) is 0 Å². The number of hydrogen-bond acceptors (Lipinski definition) is 4. The third-order valence-electron chi connectivity index (χ3n) is 4.21. The molecule has 132 valence electrons. The number of pyridine rings is 1. The van der Waals surface area contributed by atoms with Gasteiger partial charge in [0.05, 0.1) is 5.56 Å². The number of ether oxygens (including phenoxy) is 1. The summed E-state index contributed by atoms with van der Waals surface area (Å²) in [5, 5.41) is 0. The molecule has 1 fully saturated rings. The van der Waals surface area contributed by atoms with Crippen LogP contribution in [-0.4, -0.2) is 42.4 Å². The van der Waals surface area contributed by atoms with Crippen molar-refractivity contribution in [2.75, 3.05) is 20.1 Å². The van der Waals surface area contributed by atoms with Crippen LogP contribution in [0.2, 0.25) is 0 Å². The van der Waals surface area contributed by atoms with E-state index in [1.54, 1.807) is 0 Å². The molecule has 0 saturated carbocycles. The highest BCUT2D eigenvalue weighted by molar-refractivity contribution is 5.74. The van der Waals surface area contributed by atoms with Crippen molar-refractivity contribution >= 4 is 6.29 Å². The molecule has 0 aliphatic carbocycles. The molecular weight excluding hydrogens is 333 g/mol. The molecule has 25 heavy (non-hydrogen) atoms. The van der Waals surface area contributed by atoms with Gasteiger partial charge in [0, 0.05) is 25.2 Å². The van der Waals surface area contributed by atoms with Gasteiger partial charge < -0.3 is 9.64 Å². The first-order valence-electron chi connectivity index (χ1n) is 7.94. The molecule has 0 N–H and O–H groups in total. The first-order valence-corrected chi connectivity index (χ1v) is 7.94. The topological polar surface area (TPSA) is 42.4 Å². The number of nitrogens with zero attached hydrogens (tertiary/aromatic N) is 2. The Balaban J connectivity index is 1.89. The second kappa shape index (κ2) is 7.23. The van der Waals surface area contributed by atoms with E-state index in [0.717, 1.165) is 50.2 Å². The van der Waals surface area contributed by atoms with E-state index in [-0.39, 0.29) is 17.5 Å². The SMILES string of the molecule is CN1CCC(Oc2cc(F)c(-c3nc(C=O)ccc3F)c(F)c2)CC1. The highest BCUT2D eigenvalue weighted by atomic mass is 19.1. The highest BCUT2D eigenvalue weighted by Gasteiger charge is 2.22. The molecule has 0 atom stereocenters. The Morgan fingerprint density at radius 2 is 1.76 bits per heavy atom. The second-order valence-electron chi connectivity index (χ2n) is 6.07. The summed E-state index contributed by atoms with van der Waals surface area (Å²) in [6, 6.07) is 4.13. The Hall–Kier alpha value is -2.41. The van der Waals surface area contributed by atoms with Crippen molar-refractivity contribution in [3.05, 3.63) is 47.4 Å². The van der Waals surface area contributed by atoms with Gasteiger partial charge in [0.1, 0.15) is 40.7 Å². The van der Waals surface area contributed by atoms with E-state index in [9.17, 15) is 18.0 Å². The van der Waals surface area contributed by atoms with Crippen LogP contribution in [0.4, 0.5) is 13.2 Å². The van der Waals surface area contributed by atoms with Crippen molar-refractivity contribution < 1.29 is 22.7 Å². The quantitative estimate of drug-likeness (QED) is 0.792. The molecule has 1 aliphatic rings. The summed E-state index contributed by atoms with van der Waals surface area (Å²) in [5.74, 6) is -2.83.